The van der Waals surface area contributed by atoms with Crippen LogP contribution in [0.2, 0.25) is 0 Å². The van der Waals surface area contributed by atoms with E-state index < -0.39 is 5.82 Å². The lowest BCUT2D eigenvalue weighted by Gasteiger charge is -2.33. The topological polar surface area (TPSA) is 49.9 Å². The zero-order valence-electron chi connectivity index (χ0n) is 14.7. The monoisotopic (exact) mass is 348 g/mol. The van der Waals surface area contributed by atoms with Gasteiger partial charge < -0.3 is 9.64 Å². The van der Waals surface area contributed by atoms with Gasteiger partial charge in [-0.2, -0.15) is 0 Å². The van der Waals surface area contributed by atoms with Crippen molar-refractivity contribution in [3.8, 4) is 5.75 Å². The summed E-state index contributed by atoms with van der Waals surface area (Å²) in [5.74, 6) is -0.668. The highest BCUT2D eigenvalue weighted by Crippen LogP contribution is 2.24. The van der Waals surface area contributed by atoms with Crippen LogP contribution in [-0.2, 0) is 4.79 Å². The van der Waals surface area contributed by atoms with Crippen molar-refractivity contribution in [3.63, 3.8) is 0 Å². The van der Waals surface area contributed by atoms with Gasteiger partial charge >= 0.3 is 0 Å². The predicted octanol–water partition coefficient (Wildman–Crippen LogP) is 2.35. The number of halogens is 1. The number of carbonyl (C=O) groups is 2. The Kier molecular flexibility index (Phi) is 5.68. The summed E-state index contributed by atoms with van der Waals surface area (Å²) in [6.45, 7) is 3.53. The van der Waals surface area contributed by atoms with Crippen LogP contribution in [0, 0.1) is 11.7 Å². The number of likely N-dealkylation sites (tertiary alicyclic amines) is 2. The Morgan fingerprint density at radius 2 is 1.96 bits per heavy atom. The van der Waals surface area contributed by atoms with Crippen molar-refractivity contribution in [1.82, 2.24) is 9.80 Å². The van der Waals surface area contributed by atoms with E-state index in [1.807, 2.05) is 0 Å². The largest absolute Gasteiger partial charge is 0.494 e. The van der Waals surface area contributed by atoms with Crippen molar-refractivity contribution in [2.75, 3.05) is 39.8 Å². The Morgan fingerprint density at radius 3 is 2.64 bits per heavy atom. The normalized spacial score (nSPS) is 21.4. The van der Waals surface area contributed by atoms with Gasteiger partial charge in [0.15, 0.2) is 17.3 Å². The SMILES string of the molecule is COc1ccc(C(=O)C2CCCN(C(=O)CN3CCCC3)C2)cc1F. The molecule has 25 heavy (non-hydrogen) atoms. The number of amides is 1. The maximum absolute atomic E-state index is 13.9. The molecule has 1 unspecified atom stereocenters. The number of nitrogens with zero attached hydrogens (tertiary/aromatic N) is 2. The number of hydrogen-bond donors (Lipinski definition) is 0. The molecular formula is C19H25FN2O3. The summed E-state index contributed by atoms with van der Waals surface area (Å²) in [7, 11) is 1.39. The van der Waals surface area contributed by atoms with Crippen LogP contribution in [0.4, 0.5) is 4.39 Å². The fourth-order valence-corrected chi connectivity index (χ4v) is 3.71. The molecule has 0 N–H and O–H groups in total. The minimum atomic E-state index is -0.536. The Labute approximate surface area is 147 Å². The molecule has 0 aromatic heterocycles. The van der Waals surface area contributed by atoms with Crippen LogP contribution in [-0.4, -0.2) is 61.3 Å². The van der Waals surface area contributed by atoms with Gasteiger partial charge in [-0.05, 0) is 57.0 Å². The summed E-state index contributed by atoms with van der Waals surface area (Å²) in [6.07, 6.45) is 3.84. The van der Waals surface area contributed by atoms with E-state index in [1.165, 1.54) is 19.2 Å². The number of rotatable bonds is 5. The summed E-state index contributed by atoms with van der Waals surface area (Å²) < 4.78 is 18.8. The molecule has 1 atom stereocenters. The van der Waals surface area contributed by atoms with Crippen molar-refractivity contribution in [3.05, 3.63) is 29.6 Å². The van der Waals surface area contributed by atoms with Crippen LogP contribution in [0.25, 0.3) is 0 Å². The average Bonchev–Trinajstić information content (AvgIpc) is 3.14. The quantitative estimate of drug-likeness (QED) is 0.767. The molecule has 6 heteroatoms. The first kappa shape index (κ1) is 17.9. The van der Waals surface area contributed by atoms with E-state index in [4.69, 9.17) is 4.74 Å². The van der Waals surface area contributed by atoms with Gasteiger partial charge in [0.05, 0.1) is 13.7 Å². The number of ether oxygens (including phenoxy) is 1. The van der Waals surface area contributed by atoms with Gasteiger partial charge in [-0.25, -0.2) is 4.39 Å². The second-order valence-corrected chi connectivity index (χ2v) is 6.88. The van der Waals surface area contributed by atoms with Crippen molar-refractivity contribution in [2.24, 2.45) is 5.92 Å². The number of carbonyl (C=O) groups excluding carboxylic acids is 2. The zero-order valence-corrected chi connectivity index (χ0v) is 14.7. The molecule has 3 rings (SSSR count). The van der Waals surface area contributed by atoms with Crippen LogP contribution in [0.5, 0.6) is 5.75 Å². The van der Waals surface area contributed by atoms with Crippen LogP contribution in [0.1, 0.15) is 36.0 Å². The molecule has 5 nitrogen and oxygen atoms in total. The molecule has 0 spiro atoms. The lowest BCUT2D eigenvalue weighted by Crippen LogP contribution is -2.46. The number of methoxy groups -OCH3 is 1. The standard InChI is InChI=1S/C19H25FN2O3/c1-25-17-7-6-14(11-16(17)20)19(24)15-5-4-10-22(12-15)18(23)13-21-8-2-3-9-21/h6-7,11,15H,2-5,8-10,12-13H2,1H3. The molecular weight excluding hydrogens is 323 g/mol. The Bertz CT molecular complexity index is 644. The predicted molar refractivity (Wildman–Crippen MR) is 92.3 cm³/mol. The second-order valence-electron chi connectivity index (χ2n) is 6.88. The third kappa shape index (κ3) is 4.18. The molecule has 0 bridgehead atoms. The van der Waals surface area contributed by atoms with E-state index >= 15 is 0 Å². The minimum absolute atomic E-state index is 0.0970. The summed E-state index contributed by atoms with van der Waals surface area (Å²) >= 11 is 0. The van der Waals surface area contributed by atoms with Gasteiger partial charge in [-0.1, -0.05) is 0 Å². The summed E-state index contributed by atoms with van der Waals surface area (Å²) in [5, 5.41) is 0. The molecule has 2 aliphatic heterocycles. The highest BCUT2D eigenvalue weighted by molar-refractivity contribution is 5.98. The van der Waals surface area contributed by atoms with E-state index in [0.29, 0.717) is 25.2 Å². The van der Waals surface area contributed by atoms with E-state index in [-0.39, 0.29) is 23.4 Å². The van der Waals surface area contributed by atoms with Crippen molar-refractivity contribution in [2.45, 2.75) is 25.7 Å². The van der Waals surface area contributed by atoms with E-state index in [1.54, 1.807) is 11.0 Å². The second kappa shape index (κ2) is 7.95. The van der Waals surface area contributed by atoms with E-state index in [9.17, 15) is 14.0 Å². The van der Waals surface area contributed by atoms with Crippen LogP contribution < -0.4 is 4.74 Å². The zero-order chi connectivity index (χ0) is 17.8. The number of benzene rings is 1. The first-order valence-electron chi connectivity index (χ1n) is 8.96. The summed E-state index contributed by atoms with van der Waals surface area (Å²) in [5.41, 5.74) is 0.345. The average molecular weight is 348 g/mol. The Morgan fingerprint density at radius 1 is 1.20 bits per heavy atom. The van der Waals surface area contributed by atoms with Crippen LogP contribution in [0.3, 0.4) is 0 Å². The molecule has 2 aliphatic rings. The molecule has 2 saturated heterocycles. The third-order valence-corrected chi connectivity index (χ3v) is 5.14. The van der Waals surface area contributed by atoms with Gasteiger partial charge in [0.25, 0.3) is 0 Å². The van der Waals surface area contributed by atoms with E-state index in [0.717, 1.165) is 38.8 Å². The molecule has 2 heterocycles. The first-order valence-corrected chi connectivity index (χ1v) is 8.96. The smallest absolute Gasteiger partial charge is 0.236 e. The molecule has 2 fully saturated rings. The van der Waals surface area contributed by atoms with Crippen molar-refractivity contribution >= 4 is 11.7 Å². The lowest BCUT2D eigenvalue weighted by atomic mass is 9.90. The van der Waals surface area contributed by atoms with Gasteiger partial charge in [-0.3, -0.25) is 14.5 Å². The number of piperidine rings is 1. The molecule has 0 aliphatic carbocycles. The van der Waals surface area contributed by atoms with Gasteiger partial charge in [0, 0.05) is 24.6 Å². The number of hydrogen-bond acceptors (Lipinski definition) is 4. The van der Waals surface area contributed by atoms with Gasteiger partial charge in [0.1, 0.15) is 0 Å². The number of Topliss-reactive ketones (excluding diaryl/α,β-unsaturated/α-hetero) is 1. The van der Waals surface area contributed by atoms with Crippen molar-refractivity contribution in [1.29, 1.82) is 0 Å². The number of ketones is 1. The summed E-state index contributed by atoms with van der Waals surface area (Å²) in [6, 6.07) is 4.29. The van der Waals surface area contributed by atoms with E-state index in [2.05, 4.69) is 4.90 Å². The highest BCUT2D eigenvalue weighted by atomic mass is 19.1. The maximum Gasteiger partial charge on any atom is 0.236 e. The molecule has 136 valence electrons. The van der Waals surface area contributed by atoms with Gasteiger partial charge in [-0.15, -0.1) is 0 Å². The Hall–Kier alpha value is -1.95. The third-order valence-electron chi connectivity index (χ3n) is 5.14. The van der Waals surface area contributed by atoms with Crippen LogP contribution in [0.15, 0.2) is 18.2 Å². The fraction of sp³-hybridized carbons (Fsp3) is 0.579. The van der Waals surface area contributed by atoms with Crippen LogP contribution >= 0.6 is 0 Å². The van der Waals surface area contributed by atoms with Gasteiger partial charge in [0.2, 0.25) is 5.91 Å². The minimum Gasteiger partial charge on any atom is -0.494 e. The molecule has 1 amide bonds. The Balaban J connectivity index is 1.63. The van der Waals surface area contributed by atoms with Crippen molar-refractivity contribution < 1.29 is 18.7 Å². The summed E-state index contributed by atoms with van der Waals surface area (Å²) in [4.78, 5) is 29.2. The molecule has 0 saturated carbocycles. The fourth-order valence-electron chi connectivity index (χ4n) is 3.71. The molecule has 1 aromatic rings. The molecule has 1 aromatic carbocycles. The highest BCUT2D eigenvalue weighted by Gasteiger charge is 2.30. The lowest BCUT2D eigenvalue weighted by molar-refractivity contribution is -0.133. The molecule has 0 radical (unpaired) electrons. The maximum atomic E-state index is 13.9. The first-order chi connectivity index (χ1) is 12.1.